The second kappa shape index (κ2) is 4.62. The van der Waals surface area contributed by atoms with Gasteiger partial charge in [0.25, 0.3) is 0 Å². The van der Waals surface area contributed by atoms with Gasteiger partial charge >= 0.3 is 5.97 Å². The maximum absolute atomic E-state index is 10.8. The van der Waals surface area contributed by atoms with E-state index < -0.39 is 12.1 Å². The third-order valence-corrected chi connectivity index (χ3v) is 1.56. The Morgan fingerprint density at radius 2 is 2.00 bits per heavy atom. The molecule has 1 unspecified atom stereocenters. The van der Waals surface area contributed by atoms with Gasteiger partial charge in [0.15, 0.2) is 6.10 Å². The average Bonchev–Trinajstić information content (AvgIpc) is 2.15. The van der Waals surface area contributed by atoms with Crippen LogP contribution in [0.15, 0.2) is 30.3 Å². The first-order valence-corrected chi connectivity index (χ1v) is 4.06. The lowest BCUT2D eigenvalue weighted by molar-refractivity contribution is -0.157. The molecule has 0 N–H and O–H groups in total. The molecule has 0 bridgehead atoms. The van der Waals surface area contributed by atoms with Crippen molar-refractivity contribution in [1.29, 1.82) is 0 Å². The van der Waals surface area contributed by atoms with E-state index in [1.54, 1.807) is 0 Å². The predicted octanol–water partition coefficient (Wildman–Crippen LogP) is 1.55. The first-order valence-electron chi connectivity index (χ1n) is 4.06. The first kappa shape index (κ1) is 9.74. The third kappa shape index (κ3) is 3.25. The van der Waals surface area contributed by atoms with Crippen LogP contribution in [0.4, 0.5) is 0 Å². The standard InChI is InChI=1S/C10H11O3/c1-8(11)10(12)13-7-9-5-3-2-4-6-9/h2-6,8H,7H2,1H3. The van der Waals surface area contributed by atoms with E-state index in [1.165, 1.54) is 6.92 Å². The summed E-state index contributed by atoms with van der Waals surface area (Å²) in [5, 5.41) is 10.6. The molecule has 0 aliphatic rings. The Labute approximate surface area is 77.0 Å². The third-order valence-electron chi connectivity index (χ3n) is 1.56. The minimum absolute atomic E-state index is 0.173. The van der Waals surface area contributed by atoms with Crippen LogP contribution in [0.3, 0.4) is 0 Å². The van der Waals surface area contributed by atoms with Gasteiger partial charge in [-0.25, -0.2) is 9.90 Å². The molecule has 0 amide bonds. The van der Waals surface area contributed by atoms with Crippen LogP contribution in [0.25, 0.3) is 0 Å². The largest absolute Gasteiger partial charge is 0.459 e. The minimum atomic E-state index is -1.30. The van der Waals surface area contributed by atoms with Crippen molar-refractivity contribution in [3.05, 3.63) is 35.9 Å². The lowest BCUT2D eigenvalue weighted by atomic mass is 10.2. The number of carbonyl (C=O) groups is 1. The van der Waals surface area contributed by atoms with E-state index in [2.05, 4.69) is 0 Å². The van der Waals surface area contributed by atoms with E-state index in [0.717, 1.165) is 5.56 Å². The van der Waals surface area contributed by atoms with Crippen LogP contribution in [0.5, 0.6) is 0 Å². The van der Waals surface area contributed by atoms with Gasteiger partial charge in [-0.3, -0.25) is 0 Å². The van der Waals surface area contributed by atoms with Crippen molar-refractivity contribution in [3.8, 4) is 0 Å². The number of esters is 1. The Hall–Kier alpha value is -1.35. The summed E-state index contributed by atoms with van der Waals surface area (Å²) in [6, 6.07) is 9.25. The van der Waals surface area contributed by atoms with Gasteiger partial charge in [-0.2, -0.15) is 0 Å². The molecule has 69 valence electrons. The fourth-order valence-electron chi connectivity index (χ4n) is 0.846. The van der Waals surface area contributed by atoms with Gasteiger partial charge in [0.05, 0.1) is 0 Å². The molecular formula is C10H11O3. The number of rotatable bonds is 3. The summed E-state index contributed by atoms with van der Waals surface area (Å²) in [4.78, 5) is 10.8. The van der Waals surface area contributed by atoms with Crippen molar-refractivity contribution < 1.29 is 14.6 Å². The Balaban J connectivity index is 2.40. The highest BCUT2D eigenvalue weighted by molar-refractivity contribution is 5.73. The molecule has 0 saturated heterocycles. The molecule has 0 aliphatic heterocycles. The Kier molecular flexibility index (Phi) is 3.46. The molecule has 0 saturated carbocycles. The zero-order chi connectivity index (χ0) is 9.68. The normalized spacial score (nSPS) is 12.2. The van der Waals surface area contributed by atoms with Crippen LogP contribution < -0.4 is 0 Å². The van der Waals surface area contributed by atoms with E-state index in [0.29, 0.717) is 0 Å². The summed E-state index contributed by atoms with van der Waals surface area (Å²) in [6.45, 7) is 1.44. The monoisotopic (exact) mass is 179 g/mol. The quantitative estimate of drug-likeness (QED) is 0.661. The molecule has 0 spiro atoms. The topological polar surface area (TPSA) is 46.2 Å². The molecule has 0 aromatic heterocycles. The molecule has 1 rings (SSSR count). The number of ether oxygens (including phenoxy) is 1. The maximum atomic E-state index is 10.8. The number of hydrogen-bond donors (Lipinski definition) is 0. The van der Waals surface area contributed by atoms with Crippen molar-refractivity contribution in [2.24, 2.45) is 0 Å². The molecule has 0 aliphatic carbocycles. The highest BCUT2D eigenvalue weighted by Gasteiger charge is 2.11. The van der Waals surface area contributed by atoms with E-state index >= 15 is 0 Å². The summed E-state index contributed by atoms with van der Waals surface area (Å²) in [6.07, 6.45) is -1.30. The average molecular weight is 179 g/mol. The van der Waals surface area contributed by atoms with E-state index in [1.807, 2.05) is 30.3 Å². The molecular weight excluding hydrogens is 168 g/mol. The highest BCUT2D eigenvalue weighted by atomic mass is 16.5. The molecule has 1 aromatic carbocycles. The van der Waals surface area contributed by atoms with Gasteiger partial charge in [-0.15, -0.1) is 0 Å². The van der Waals surface area contributed by atoms with Gasteiger partial charge in [-0.1, -0.05) is 30.3 Å². The summed E-state index contributed by atoms with van der Waals surface area (Å²) < 4.78 is 4.74. The van der Waals surface area contributed by atoms with Crippen molar-refractivity contribution in [3.63, 3.8) is 0 Å². The number of hydrogen-bond acceptors (Lipinski definition) is 2. The van der Waals surface area contributed by atoms with Crippen LogP contribution >= 0.6 is 0 Å². The second-order valence-electron chi connectivity index (χ2n) is 2.74. The lowest BCUT2D eigenvalue weighted by Crippen LogP contribution is -2.17. The smallest absolute Gasteiger partial charge is 0.338 e. The zero-order valence-electron chi connectivity index (χ0n) is 7.40. The fourth-order valence-corrected chi connectivity index (χ4v) is 0.846. The Morgan fingerprint density at radius 1 is 1.38 bits per heavy atom. The zero-order valence-corrected chi connectivity index (χ0v) is 7.40. The van der Waals surface area contributed by atoms with Crippen LogP contribution in [-0.2, 0) is 21.2 Å². The second-order valence-corrected chi connectivity index (χ2v) is 2.74. The van der Waals surface area contributed by atoms with Gasteiger partial charge in [0.1, 0.15) is 6.61 Å². The van der Waals surface area contributed by atoms with E-state index in [9.17, 15) is 9.90 Å². The summed E-state index contributed by atoms with van der Waals surface area (Å²) in [7, 11) is 0. The molecule has 3 nitrogen and oxygen atoms in total. The molecule has 0 fully saturated rings. The van der Waals surface area contributed by atoms with Crippen LogP contribution in [0, 0.1) is 0 Å². The number of benzene rings is 1. The summed E-state index contributed by atoms with van der Waals surface area (Å²) in [5.41, 5.74) is 0.886. The summed E-state index contributed by atoms with van der Waals surface area (Å²) >= 11 is 0. The van der Waals surface area contributed by atoms with Crippen molar-refractivity contribution >= 4 is 5.97 Å². The lowest BCUT2D eigenvalue weighted by Gasteiger charge is -2.04. The summed E-state index contributed by atoms with van der Waals surface area (Å²) in [5.74, 6) is -0.705. The number of carbonyl (C=O) groups excluding carboxylic acids is 1. The van der Waals surface area contributed by atoms with Gasteiger partial charge < -0.3 is 4.74 Å². The van der Waals surface area contributed by atoms with Gasteiger partial charge in [0.2, 0.25) is 0 Å². The molecule has 0 heterocycles. The van der Waals surface area contributed by atoms with Crippen LogP contribution in [0.1, 0.15) is 12.5 Å². The first-order chi connectivity index (χ1) is 6.20. The molecule has 3 heteroatoms. The van der Waals surface area contributed by atoms with Crippen LogP contribution in [-0.4, -0.2) is 12.1 Å². The van der Waals surface area contributed by atoms with Gasteiger partial charge in [0, 0.05) is 0 Å². The molecule has 13 heavy (non-hydrogen) atoms. The molecule has 1 aromatic rings. The fraction of sp³-hybridized carbons (Fsp3) is 0.300. The van der Waals surface area contributed by atoms with Crippen LogP contribution in [0.2, 0.25) is 0 Å². The van der Waals surface area contributed by atoms with Crippen molar-refractivity contribution in [2.75, 3.05) is 0 Å². The maximum Gasteiger partial charge on any atom is 0.338 e. The molecule has 1 radical (unpaired) electrons. The highest BCUT2D eigenvalue weighted by Crippen LogP contribution is 2.01. The van der Waals surface area contributed by atoms with Crippen molar-refractivity contribution in [2.45, 2.75) is 19.6 Å². The minimum Gasteiger partial charge on any atom is -0.459 e. The van der Waals surface area contributed by atoms with Gasteiger partial charge in [-0.05, 0) is 12.5 Å². The van der Waals surface area contributed by atoms with E-state index in [-0.39, 0.29) is 6.61 Å². The van der Waals surface area contributed by atoms with Crippen molar-refractivity contribution in [1.82, 2.24) is 0 Å². The Bertz CT molecular complexity index is 267. The van der Waals surface area contributed by atoms with E-state index in [4.69, 9.17) is 4.74 Å². The SMILES string of the molecule is CC([O])C(=O)OCc1ccccc1. The molecule has 1 atom stereocenters. The predicted molar refractivity (Wildman–Crippen MR) is 46.4 cm³/mol. The Morgan fingerprint density at radius 3 is 2.54 bits per heavy atom.